The van der Waals surface area contributed by atoms with Crippen molar-refractivity contribution in [2.75, 3.05) is 20.1 Å². The van der Waals surface area contributed by atoms with Crippen molar-refractivity contribution < 1.29 is 45.6 Å². The highest BCUT2D eigenvalue weighted by molar-refractivity contribution is 7.55. The maximum absolute atomic E-state index is 15.5. The quantitative estimate of drug-likeness (QED) is 0.0682. The van der Waals surface area contributed by atoms with E-state index in [1.807, 2.05) is 0 Å². The molecule has 0 saturated heterocycles. The molecule has 0 fully saturated rings. The number of hydrogen-bond acceptors (Lipinski definition) is 11. The van der Waals surface area contributed by atoms with Gasteiger partial charge in [-0.3, -0.25) is 9.69 Å². The van der Waals surface area contributed by atoms with Crippen LogP contribution < -0.4 is 18.1 Å². The number of amides is 1. The van der Waals surface area contributed by atoms with Gasteiger partial charge in [-0.15, -0.1) is 0 Å². The van der Waals surface area contributed by atoms with Crippen LogP contribution in [0.4, 0.5) is 0 Å². The number of Topliss-reactive ketones (excluding diaryl/α,β-unsaturated/α-hetero) is 1. The molecule has 0 radical (unpaired) electrons. The number of nitrogens with zero attached hydrogens (tertiary/aromatic N) is 2. The summed E-state index contributed by atoms with van der Waals surface area (Å²) in [7, 11) is -7.07. The van der Waals surface area contributed by atoms with E-state index in [-0.39, 0.29) is 54.7 Å². The van der Waals surface area contributed by atoms with Crippen molar-refractivity contribution in [2.45, 2.75) is 31.3 Å². The molecule has 14 heteroatoms. The van der Waals surface area contributed by atoms with Crippen LogP contribution in [0.25, 0.3) is 0 Å². The molecule has 2 heterocycles. The number of furan rings is 2. The third-order valence-corrected chi connectivity index (χ3v) is 12.8. The van der Waals surface area contributed by atoms with E-state index in [1.165, 1.54) is 24.3 Å². The number of benzene rings is 4. The molecule has 56 heavy (non-hydrogen) atoms. The Morgan fingerprint density at radius 3 is 1.27 bits per heavy atom. The van der Waals surface area contributed by atoms with Crippen molar-refractivity contribution in [1.82, 2.24) is 9.80 Å². The van der Waals surface area contributed by atoms with Crippen LogP contribution in [0.5, 0.6) is 23.0 Å². The van der Waals surface area contributed by atoms with Gasteiger partial charge in [0, 0.05) is 25.9 Å². The van der Waals surface area contributed by atoms with Crippen LogP contribution in [0.3, 0.4) is 0 Å². The van der Waals surface area contributed by atoms with Crippen LogP contribution >= 0.6 is 15.2 Å². The minimum Gasteiger partial charge on any atom is -0.467 e. The van der Waals surface area contributed by atoms with Crippen molar-refractivity contribution in [2.24, 2.45) is 0 Å². The molecule has 0 aliphatic rings. The molecule has 6 rings (SSSR count). The van der Waals surface area contributed by atoms with Crippen molar-refractivity contribution in [3.8, 4) is 23.0 Å². The lowest BCUT2D eigenvalue weighted by atomic mass is 10.2. The van der Waals surface area contributed by atoms with Crippen LogP contribution in [0.2, 0.25) is 0 Å². The molecular formula is C42H42N2O10P2. The number of likely N-dealkylation sites (N-methyl/N-ethyl adjacent to an activating group) is 1. The lowest BCUT2D eigenvalue weighted by Gasteiger charge is -2.37. The molecule has 2 aromatic heterocycles. The first-order chi connectivity index (χ1) is 27.1. The van der Waals surface area contributed by atoms with Gasteiger partial charge >= 0.3 is 15.2 Å². The maximum Gasteiger partial charge on any atom is 0.461 e. The minimum absolute atomic E-state index is 0.00858. The zero-order chi connectivity index (χ0) is 39.4. The van der Waals surface area contributed by atoms with E-state index < -0.39 is 32.7 Å². The molecule has 0 aliphatic heterocycles. The van der Waals surface area contributed by atoms with Crippen molar-refractivity contribution >= 4 is 26.9 Å². The van der Waals surface area contributed by atoms with Gasteiger partial charge in [-0.05, 0) is 86.8 Å². The summed E-state index contributed by atoms with van der Waals surface area (Å²) in [6.07, 6.45) is 2.57. The lowest BCUT2D eigenvalue weighted by molar-refractivity contribution is -0.134. The van der Waals surface area contributed by atoms with Crippen LogP contribution in [0, 0.1) is 0 Å². The highest BCUT2D eigenvalue weighted by Gasteiger charge is 2.50. The third-order valence-electron chi connectivity index (χ3n) is 8.52. The molecule has 290 valence electrons. The molecule has 0 spiro atoms. The van der Waals surface area contributed by atoms with E-state index >= 15 is 9.13 Å². The van der Waals surface area contributed by atoms with E-state index in [4.69, 9.17) is 26.9 Å². The summed E-state index contributed by atoms with van der Waals surface area (Å²) < 4.78 is 67.5. The standard InChI is InChI=1S/C42H42N2O10P2/c1-33(45)27-28-40(46)44(42(39-26-16-32-50-39)56(48,53-36-21-11-5-12-22-36)54-37-23-13-6-14-24-37)30-29-43(2)41(38-25-15-31-49-38)55(47,51-34-17-7-3-8-18-34)52-35-19-9-4-10-20-35/h3-26,31-32,41-42H,27-30H2,1-2H3. The molecular weight excluding hydrogens is 754 g/mol. The second-order valence-electron chi connectivity index (χ2n) is 12.7. The van der Waals surface area contributed by atoms with Crippen LogP contribution in [-0.2, 0) is 18.7 Å². The number of rotatable bonds is 20. The summed E-state index contributed by atoms with van der Waals surface area (Å²) in [6, 6.07) is 40.7. The average molecular weight is 797 g/mol. The average Bonchev–Trinajstić information content (AvgIpc) is 3.93. The normalized spacial score (nSPS) is 12.7. The molecule has 0 bridgehead atoms. The van der Waals surface area contributed by atoms with Gasteiger partial charge in [-0.1, -0.05) is 72.8 Å². The Labute approximate surface area is 325 Å². The van der Waals surface area contributed by atoms with Gasteiger partial charge in [-0.25, -0.2) is 9.13 Å². The highest BCUT2D eigenvalue weighted by atomic mass is 31.2. The van der Waals surface area contributed by atoms with E-state index in [0.717, 1.165) is 0 Å². The number of ketones is 1. The fraction of sp³-hybridized carbons (Fsp3) is 0.190. The lowest BCUT2D eigenvalue weighted by Crippen LogP contribution is -2.42. The van der Waals surface area contributed by atoms with E-state index in [1.54, 1.807) is 158 Å². The Bertz CT molecular complexity index is 2110. The Kier molecular flexibility index (Phi) is 13.3. The monoisotopic (exact) mass is 796 g/mol. The van der Waals surface area contributed by atoms with Gasteiger partial charge in [0.1, 0.15) is 40.3 Å². The first-order valence-electron chi connectivity index (χ1n) is 17.9. The fourth-order valence-electron chi connectivity index (χ4n) is 5.92. The van der Waals surface area contributed by atoms with Crippen molar-refractivity contribution in [3.05, 3.63) is 170 Å². The summed E-state index contributed by atoms with van der Waals surface area (Å²) in [5.74, 6) is -1.88. The predicted molar refractivity (Wildman–Crippen MR) is 211 cm³/mol. The topological polar surface area (TPSA) is 138 Å². The zero-order valence-electron chi connectivity index (χ0n) is 30.9. The van der Waals surface area contributed by atoms with Crippen LogP contribution in [0.15, 0.2) is 167 Å². The highest BCUT2D eigenvalue weighted by Crippen LogP contribution is 2.63. The number of para-hydroxylation sites is 4. The first-order valence-corrected chi connectivity index (χ1v) is 21.1. The van der Waals surface area contributed by atoms with Crippen LogP contribution in [-0.4, -0.2) is 41.6 Å². The summed E-state index contributed by atoms with van der Waals surface area (Å²) >= 11 is 0. The third kappa shape index (κ3) is 10.3. The molecule has 12 nitrogen and oxygen atoms in total. The Balaban J connectivity index is 1.41. The number of carbonyl (C=O) groups excluding carboxylic acids is 2. The minimum atomic E-state index is -4.49. The summed E-state index contributed by atoms with van der Waals surface area (Å²) in [4.78, 5) is 29.6. The van der Waals surface area contributed by atoms with Gasteiger partial charge in [0.2, 0.25) is 11.7 Å². The van der Waals surface area contributed by atoms with E-state index in [2.05, 4.69) is 0 Å². The van der Waals surface area contributed by atoms with E-state index in [9.17, 15) is 9.59 Å². The molecule has 6 aromatic rings. The zero-order valence-corrected chi connectivity index (χ0v) is 32.7. The summed E-state index contributed by atoms with van der Waals surface area (Å²) in [6.45, 7) is 1.24. The molecule has 2 unspecified atom stereocenters. The van der Waals surface area contributed by atoms with Gasteiger partial charge < -0.3 is 36.6 Å². The van der Waals surface area contributed by atoms with Gasteiger partial charge in [-0.2, -0.15) is 0 Å². The van der Waals surface area contributed by atoms with Crippen molar-refractivity contribution in [1.29, 1.82) is 0 Å². The fourth-order valence-corrected chi connectivity index (χ4v) is 10.2. The Morgan fingerprint density at radius 1 is 0.536 bits per heavy atom. The molecule has 1 amide bonds. The number of carbonyl (C=O) groups is 2. The van der Waals surface area contributed by atoms with E-state index in [0.29, 0.717) is 11.5 Å². The first kappa shape index (κ1) is 39.9. The molecule has 0 saturated carbocycles. The molecule has 2 atom stereocenters. The van der Waals surface area contributed by atoms with Gasteiger partial charge in [0.05, 0.1) is 12.5 Å². The Morgan fingerprint density at radius 2 is 0.911 bits per heavy atom. The maximum atomic E-state index is 15.5. The SMILES string of the molecule is CC(=O)CCC(=O)N(CCN(C)C(c1ccco1)P(=O)(Oc1ccccc1)Oc1ccccc1)C(c1ccco1)P(=O)(Oc1ccccc1)Oc1ccccc1. The summed E-state index contributed by atoms with van der Waals surface area (Å²) in [5, 5.41) is 0. The molecule has 0 N–H and O–H groups in total. The second kappa shape index (κ2) is 18.7. The second-order valence-corrected chi connectivity index (χ2v) is 16.6. The van der Waals surface area contributed by atoms with Crippen LogP contribution in [0.1, 0.15) is 42.9 Å². The number of hydrogen-bond donors (Lipinski definition) is 0. The Hall–Kier alpha value is -5.80. The van der Waals surface area contributed by atoms with Gasteiger partial charge in [0.15, 0.2) is 5.78 Å². The van der Waals surface area contributed by atoms with Gasteiger partial charge in [0.25, 0.3) is 0 Å². The molecule has 4 aromatic carbocycles. The smallest absolute Gasteiger partial charge is 0.461 e. The largest absolute Gasteiger partial charge is 0.467 e. The molecule has 0 aliphatic carbocycles. The predicted octanol–water partition coefficient (Wildman–Crippen LogP) is 10.4. The van der Waals surface area contributed by atoms with Crippen molar-refractivity contribution in [3.63, 3.8) is 0 Å². The summed E-state index contributed by atoms with van der Waals surface area (Å²) in [5.41, 5.74) is 0.